The smallest absolute Gasteiger partial charge is 0.206 e. The van der Waals surface area contributed by atoms with Crippen molar-refractivity contribution in [2.45, 2.75) is 83.2 Å². The quantitative estimate of drug-likeness (QED) is 0.306. The van der Waals surface area contributed by atoms with Gasteiger partial charge in [-0.2, -0.15) is 13.2 Å². The van der Waals surface area contributed by atoms with Crippen LogP contribution in [0.25, 0.3) is 11.1 Å². The van der Waals surface area contributed by atoms with Crippen LogP contribution in [0.5, 0.6) is 0 Å². The molecule has 174 valence electrons. The van der Waals surface area contributed by atoms with Crippen molar-refractivity contribution < 1.29 is 17.6 Å². The van der Waals surface area contributed by atoms with Crippen molar-refractivity contribution in [2.75, 3.05) is 0 Å². The molecule has 0 spiro atoms. The number of hydrogen-bond donors (Lipinski definition) is 0. The molecule has 0 heterocycles. The van der Waals surface area contributed by atoms with Crippen LogP contribution in [0.15, 0.2) is 42.5 Å². The Balaban J connectivity index is 1.37. The van der Waals surface area contributed by atoms with E-state index in [0.29, 0.717) is 11.5 Å². The lowest BCUT2D eigenvalue weighted by atomic mass is 9.63. The summed E-state index contributed by atoms with van der Waals surface area (Å²) in [7, 11) is 0. The van der Waals surface area contributed by atoms with Crippen molar-refractivity contribution in [3.05, 3.63) is 59.4 Å². The van der Waals surface area contributed by atoms with Gasteiger partial charge in [0.25, 0.3) is 0 Å². The maximum atomic E-state index is 14.0. The van der Waals surface area contributed by atoms with Gasteiger partial charge in [-0.05, 0) is 84.6 Å². The first-order valence-electron chi connectivity index (χ1n) is 12.3. The number of rotatable bonds is 6. The summed E-state index contributed by atoms with van der Waals surface area (Å²) in [5, 5.41) is 0. The predicted molar refractivity (Wildman–Crippen MR) is 122 cm³/mol. The molecule has 32 heavy (non-hydrogen) atoms. The van der Waals surface area contributed by atoms with Gasteiger partial charge < -0.3 is 0 Å². The number of alkyl halides is 3. The normalized spacial score (nSPS) is 26.0. The van der Waals surface area contributed by atoms with E-state index in [-0.39, 0.29) is 0 Å². The highest BCUT2D eigenvalue weighted by atomic mass is 19.4. The molecule has 0 radical (unpaired) electrons. The highest BCUT2D eigenvalue weighted by Crippen LogP contribution is 2.48. The molecular weight excluding hydrogens is 412 g/mol. The van der Waals surface area contributed by atoms with Crippen molar-refractivity contribution >= 4 is 0 Å². The highest BCUT2D eigenvalue weighted by Gasteiger charge is 2.36. The number of fused-ring (bicyclic) bond motifs is 1. The zero-order chi connectivity index (χ0) is 22.7. The summed E-state index contributed by atoms with van der Waals surface area (Å²) in [6.07, 6.45) is 8.73. The predicted octanol–water partition coefficient (Wildman–Crippen LogP) is 9.39. The Morgan fingerprint density at radius 1 is 0.812 bits per heavy atom. The van der Waals surface area contributed by atoms with Crippen LogP contribution in [-0.4, -0.2) is 0 Å². The van der Waals surface area contributed by atoms with Crippen molar-refractivity contribution in [3.63, 3.8) is 0 Å². The molecule has 2 saturated carbocycles. The van der Waals surface area contributed by atoms with Crippen LogP contribution < -0.4 is 0 Å². The first-order chi connectivity index (χ1) is 15.3. The molecule has 4 atom stereocenters. The molecule has 0 aliphatic heterocycles. The zero-order valence-electron chi connectivity index (χ0n) is 18.9. The van der Waals surface area contributed by atoms with Crippen molar-refractivity contribution in [1.82, 2.24) is 0 Å². The zero-order valence-corrected chi connectivity index (χ0v) is 18.9. The molecule has 0 nitrogen and oxygen atoms in total. The van der Waals surface area contributed by atoms with E-state index in [1.165, 1.54) is 75.8 Å². The van der Waals surface area contributed by atoms with Gasteiger partial charge in [-0.25, -0.2) is 4.39 Å². The largest absolute Gasteiger partial charge is 0.419 e. The number of halogens is 4. The Hall–Kier alpha value is -1.84. The molecule has 2 aromatic carbocycles. The summed E-state index contributed by atoms with van der Waals surface area (Å²) in [6, 6.07) is 11.2. The summed E-state index contributed by atoms with van der Waals surface area (Å²) in [5.74, 6) is 2.00. The van der Waals surface area contributed by atoms with Gasteiger partial charge in [-0.1, -0.05) is 69.4 Å². The molecule has 1 unspecified atom stereocenters. The third kappa shape index (κ3) is 5.38. The van der Waals surface area contributed by atoms with Gasteiger partial charge in [-0.15, -0.1) is 0 Å². The van der Waals surface area contributed by atoms with Crippen LogP contribution >= 0.6 is 0 Å². The van der Waals surface area contributed by atoms with Gasteiger partial charge >= 0.3 is 6.18 Å². The van der Waals surface area contributed by atoms with Gasteiger partial charge in [0.1, 0.15) is 5.82 Å². The van der Waals surface area contributed by atoms with Crippen molar-refractivity contribution in [3.8, 4) is 11.1 Å². The number of hydrogen-bond acceptors (Lipinski definition) is 0. The molecule has 0 aromatic heterocycles. The lowest BCUT2D eigenvalue weighted by molar-refractivity contribution is -0.139. The number of benzene rings is 2. The van der Waals surface area contributed by atoms with Gasteiger partial charge in [0.15, 0.2) is 0 Å². The van der Waals surface area contributed by atoms with E-state index < -0.39 is 17.6 Å². The van der Waals surface area contributed by atoms with Crippen LogP contribution in [0.3, 0.4) is 0 Å². The van der Waals surface area contributed by atoms with Crippen LogP contribution in [0, 0.1) is 23.6 Å². The summed E-state index contributed by atoms with van der Waals surface area (Å²) in [5.41, 5.74) is 1.33. The van der Waals surface area contributed by atoms with Gasteiger partial charge in [-0.3, -0.25) is 0 Å². The van der Waals surface area contributed by atoms with Crippen LogP contribution in [0.2, 0.25) is 0 Å². The van der Waals surface area contributed by atoms with Crippen molar-refractivity contribution in [1.29, 1.82) is 0 Å². The fourth-order valence-electron chi connectivity index (χ4n) is 6.11. The monoisotopic (exact) mass is 446 g/mol. The van der Waals surface area contributed by atoms with E-state index in [0.717, 1.165) is 35.4 Å². The van der Waals surface area contributed by atoms with E-state index in [9.17, 15) is 17.6 Å². The summed E-state index contributed by atoms with van der Waals surface area (Å²) in [6.45, 7) is 2.27. The SMILES string of the molecule is CCCCCC1CC[C@@H]2C[C@H](c3ccc(-c4ccc(C(F)(F)F)c(F)c4)cc3)CC[C@@H]2C1. The Morgan fingerprint density at radius 2 is 1.50 bits per heavy atom. The lowest BCUT2D eigenvalue weighted by Crippen LogP contribution is -2.30. The molecule has 2 aromatic rings. The van der Waals surface area contributed by atoms with Crippen LogP contribution in [0.1, 0.15) is 88.2 Å². The average Bonchev–Trinajstić information content (AvgIpc) is 2.78. The minimum atomic E-state index is -4.67. The Kier molecular flexibility index (Phi) is 7.27. The Bertz CT molecular complexity index is 883. The van der Waals surface area contributed by atoms with Crippen LogP contribution in [0.4, 0.5) is 17.6 Å². The van der Waals surface area contributed by atoms with Crippen molar-refractivity contribution in [2.24, 2.45) is 17.8 Å². The maximum Gasteiger partial charge on any atom is 0.419 e. The molecule has 2 aliphatic rings. The molecular formula is C28H34F4. The Labute approximate surface area is 189 Å². The second kappa shape index (κ2) is 9.97. The minimum absolute atomic E-state index is 0.479. The van der Waals surface area contributed by atoms with Gasteiger partial charge in [0, 0.05) is 0 Å². The van der Waals surface area contributed by atoms with E-state index in [1.807, 2.05) is 12.1 Å². The molecule has 4 rings (SSSR count). The molecule has 0 N–H and O–H groups in total. The molecule has 0 bridgehead atoms. The summed E-state index contributed by atoms with van der Waals surface area (Å²) >= 11 is 0. The first kappa shape index (κ1) is 23.3. The maximum absolute atomic E-state index is 14.0. The average molecular weight is 447 g/mol. The molecule has 2 fully saturated rings. The second-order valence-electron chi connectivity index (χ2n) is 10.0. The third-order valence-corrected chi connectivity index (χ3v) is 7.93. The number of unbranched alkanes of at least 4 members (excludes halogenated alkanes) is 2. The molecule has 2 aliphatic carbocycles. The van der Waals surface area contributed by atoms with E-state index in [2.05, 4.69) is 19.1 Å². The summed E-state index contributed by atoms with van der Waals surface area (Å²) < 4.78 is 52.4. The van der Waals surface area contributed by atoms with Crippen LogP contribution in [-0.2, 0) is 6.18 Å². The topological polar surface area (TPSA) is 0 Å². The second-order valence-corrected chi connectivity index (χ2v) is 10.0. The van der Waals surface area contributed by atoms with E-state index in [4.69, 9.17) is 0 Å². The Morgan fingerprint density at radius 3 is 2.19 bits per heavy atom. The third-order valence-electron chi connectivity index (χ3n) is 7.93. The summed E-state index contributed by atoms with van der Waals surface area (Å²) in [4.78, 5) is 0. The fourth-order valence-corrected chi connectivity index (χ4v) is 6.11. The minimum Gasteiger partial charge on any atom is -0.206 e. The van der Waals surface area contributed by atoms with Gasteiger partial charge in [0.05, 0.1) is 5.56 Å². The molecule has 0 amide bonds. The van der Waals surface area contributed by atoms with E-state index >= 15 is 0 Å². The standard InChI is InChI=1S/C28H34F4/c1-2-3-4-5-19-6-7-24-17-23(13-12-22(24)16-19)20-8-10-21(11-9-20)25-14-15-26(27(29)18-25)28(30,31)32/h8-11,14-15,18-19,22-24H,2-7,12-13,16-17H2,1H3/t19?,22-,23-,24-/m1/s1. The first-order valence-corrected chi connectivity index (χ1v) is 12.3. The molecule has 0 saturated heterocycles. The lowest BCUT2D eigenvalue weighted by Gasteiger charge is -2.42. The highest BCUT2D eigenvalue weighted by molar-refractivity contribution is 5.64. The van der Waals surface area contributed by atoms with E-state index in [1.54, 1.807) is 0 Å². The fraction of sp³-hybridized carbons (Fsp3) is 0.571. The molecule has 4 heteroatoms. The van der Waals surface area contributed by atoms with Gasteiger partial charge in [0.2, 0.25) is 0 Å².